The third-order valence-corrected chi connectivity index (χ3v) is 2.19. The zero-order valence-electron chi connectivity index (χ0n) is 8.35. The summed E-state index contributed by atoms with van der Waals surface area (Å²) >= 11 is 0. The molecule has 2 nitrogen and oxygen atoms in total. The van der Waals surface area contributed by atoms with Gasteiger partial charge in [-0.25, -0.2) is 4.39 Å². The van der Waals surface area contributed by atoms with Crippen molar-refractivity contribution in [1.29, 1.82) is 0 Å². The molecule has 12 heavy (non-hydrogen) atoms. The molecule has 0 aliphatic carbocycles. The maximum Gasteiger partial charge on any atom is 0.219 e. The number of alkyl halides is 1. The Kier molecular flexibility index (Phi) is 2.45. The summed E-state index contributed by atoms with van der Waals surface area (Å²) in [5, 5.41) is 0. The zero-order valence-corrected chi connectivity index (χ0v) is 8.35. The normalized spacial score (nSPS) is 33.8. The number of hydrogen-bond acceptors (Lipinski definition) is 2. The molecule has 72 valence electrons. The van der Waals surface area contributed by atoms with Crippen LogP contribution in [0.15, 0.2) is 0 Å². The first kappa shape index (κ1) is 9.93. The van der Waals surface area contributed by atoms with Crippen molar-refractivity contribution in [3.8, 4) is 0 Å². The van der Waals surface area contributed by atoms with Crippen LogP contribution in [-0.2, 0) is 4.74 Å². The second-order valence-corrected chi connectivity index (χ2v) is 4.54. The fourth-order valence-electron chi connectivity index (χ4n) is 1.41. The SMILES string of the molecule is CC1(F)CN(C(C)(C)C)CCO1. The number of ether oxygens (including phenoxy) is 1. The van der Waals surface area contributed by atoms with Crippen LogP contribution in [-0.4, -0.2) is 36.0 Å². The monoisotopic (exact) mass is 175 g/mol. The van der Waals surface area contributed by atoms with Crippen LogP contribution in [0.5, 0.6) is 0 Å². The van der Waals surface area contributed by atoms with E-state index < -0.39 is 5.85 Å². The summed E-state index contributed by atoms with van der Waals surface area (Å²) in [5.41, 5.74) is 0.0388. The van der Waals surface area contributed by atoms with Gasteiger partial charge in [0.1, 0.15) is 0 Å². The predicted molar refractivity (Wildman–Crippen MR) is 46.8 cm³/mol. The molecule has 0 bridgehead atoms. The third kappa shape index (κ3) is 2.42. The highest BCUT2D eigenvalue weighted by atomic mass is 19.2. The molecular weight excluding hydrogens is 157 g/mol. The molecule has 0 spiro atoms. The molecule has 0 aromatic rings. The molecule has 1 heterocycles. The van der Waals surface area contributed by atoms with E-state index >= 15 is 0 Å². The van der Waals surface area contributed by atoms with Crippen LogP contribution in [0.25, 0.3) is 0 Å². The molecule has 0 aromatic heterocycles. The third-order valence-electron chi connectivity index (χ3n) is 2.19. The van der Waals surface area contributed by atoms with Gasteiger partial charge in [-0.2, -0.15) is 0 Å². The Balaban J connectivity index is 2.58. The Morgan fingerprint density at radius 3 is 2.33 bits per heavy atom. The summed E-state index contributed by atoms with van der Waals surface area (Å²) in [6.07, 6.45) is 0. The molecule has 0 saturated carbocycles. The topological polar surface area (TPSA) is 12.5 Å². The fourth-order valence-corrected chi connectivity index (χ4v) is 1.41. The first-order chi connectivity index (χ1) is 5.31. The van der Waals surface area contributed by atoms with E-state index in [0.717, 1.165) is 6.54 Å². The molecular formula is C9H18FNO. The molecule has 0 N–H and O–H groups in total. The van der Waals surface area contributed by atoms with Gasteiger partial charge in [0.05, 0.1) is 13.2 Å². The summed E-state index contributed by atoms with van der Waals surface area (Å²) in [6, 6.07) is 0. The van der Waals surface area contributed by atoms with Crippen LogP contribution in [0, 0.1) is 0 Å². The van der Waals surface area contributed by atoms with Gasteiger partial charge in [0.2, 0.25) is 5.85 Å². The highest BCUT2D eigenvalue weighted by Gasteiger charge is 2.35. The van der Waals surface area contributed by atoms with Crippen molar-refractivity contribution in [3.05, 3.63) is 0 Å². The second kappa shape index (κ2) is 2.96. The van der Waals surface area contributed by atoms with E-state index in [1.54, 1.807) is 0 Å². The van der Waals surface area contributed by atoms with Crippen molar-refractivity contribution in [2.45, 2.75) is 39.1 Å². The summed E-state index contributed by atoms with van der Waals surface area (Å²) in [7, 11) is 0. The lowest BCUT2D eigenvalue weighted by molar-refractivity contribution is -0.190. The van der Waals surface area contributed by atoms with Crippen molar-refractivity contribution >= 4 is 0 Å². The standard InChI is InChI=1S/C9H18FNO/c1-8(2,3)11-5-6-12-9(4,10)7-11/h5-7H2,1-4H3. The van der Waals surface area contributed by atoms with Crippen molar-refractivity contribution in [2.75, 3.05) is 19.7 Å². The number of morpholine rings is 1. The molecule has 0 aromatic carbocycles. The van der Waals surface area contributed by atoms with Crippen LogP contribution in [0.2, 0.25) is 0 Å². The lowest BCUT2D eigenvalue weighted by atomic mass is 10.0. The number of halogens is 1. The zero-order chi connectivity index (χ0) is 9.41. The van der Waals surface area contributed by atoms with Crippen molar-refractivity contribution in [2.24, 2.45) is 0 Å². The smallest absolute Gasteiger partial charge is 0.219 e. The van der Waals surface area contributed by atoms with E-state index in [1.807, 2.05) is 0 Å². The van der Waals surface area contributed by atoms with E-state index in [2.05, 4.69) is 25.7 Å². The van der Waals surface area contributed by atoms with E-state index in [9.17, 15) is 4.39 Å². The number of rotatable bonds is 0. The minimum absolute atomic E-state index is 0.0388. The Hall–Kier alpha value is -0.150. The predicted octanol–water partition coefficient (Wildman–Crippen LogP) is 1.80. The van der Waals surface area contributed by atoms with E-state index in [-0.39, 0.29) is 5.54 Å². The van der Waals surface area contributed by atoms with Gasteiger partial charge >= 0.3 is 0 Å². The van der Waals surface area contributed by atoms with Crippen molar-refractivity contribution in [3.63, 3.8) is 0 Å². The Bertz CT molecular complexity index is 159. The van der Waals surface area contributed by atoms with Crippen molar-refractivity contribution < 1.29 is 9.13 Å². The van der Waals surface area contributed by atoms with Gasteiger partial charge in [-0.1, -0.05) is 0 Å². The maximum absolute atomic E-state index is 13.4. The van der Waals surface area contributed by atoms with E-state index in [1.165, 1.54) is 6.92 Å². The molecule has 1 fully saturated rings. The fraction of sp³-hybridized carbons (Fsp3) is 1.00. The molecule has 3 heteroatoms. The molecule has 0 radical (unpaired) electrons. The Morgan fingerprint density at radius 1 is 1.42 bits per heavy atom. The highest BCUT2D eigenvalue weighted by molar-refractivity contribution is 4.83. The molecule has 1 aliphatic heterocycles. The molecule has 1 aliphatic rings. The molecule has 1 unspecified atom stereocenters. The first-order valence-corrected chi connectivity index (χ1v) is 4.39. The minimum atomic E-state index is -1.47. The van der Waals surface area contributed by atoms with Gasteiger partial charge in [0, 0.05) is 12.1 Å². The number of nitrogens with zero attached hydrogens (tertiary/aromatic N) is 1. The van der Waals surface area contributed by atoms with Gasteiger partial charge in [0.15, 0.2) is 0 Å². The van der Waals surface area contributed by atoms with Crippen LogP contribution in [0.4, 0.5) is 4.39 Å². The van der Waals surface area contributed by atoms with E-state index in [4.69, 9.17) is 4.74 Å². The largest absolute Gasteiger partial charge is 0.344 e. The average molecular weight is 175 g/mol. The maximum atomic E-state index is 13.4. The molecule has 1 saturated heterocycles. The van der Waals surface area contributed by atoms with Crippen LogP contribution in [0.3, 0.4) is 0 Å². The molecule has 0 amide bonds. The highest BCUT2D eigenvalue weighted by Crippen LogP contribution is 2.24. The Labute approximate surface area is 73.7 Å². The quantitative estimate of drug-likeness (QED) is 0.556. The lowest BCUT2D eigenvalue weighted by Crippen LogP contribution is -2.54. The second-order valence-electron chi connectivity index (χ2n) is 4.54. The van der Waals surface area contributed by atoms with Gasteiger partial charge in [0.25, 0.3) is 0 Å². The summed E-state index contributed by atoms with van der Waals surface area (Å²) in [5.74, 6) is -1.47. The number of hydrogen-bond donors (Lipinski definition) is 0. The summed E-state index contributed by atoms with van der Waals surface area (Å²) in [6.45, 7) is 9.45. The average Bonchev–Trinajstić information content (AvgIpc) is 1.83. The lowest BCUT2D eigenvalue weighted by Gasteiger charge is -2.42. The summed E-state index contributed by atoms with van der Waals surface area (Å²) < 4.78 is 18.4. The van der Waals surface area contributed by atoms with Gasteiger partial charge in [-0.15, -0.1) is 0 Å². The van der Waals surface area contributed by atoms with E-state index in [0.29, 0.717) is 13.2 Å². The Morgan fingerprint density at radius 2 is 2.00 bits per heavy atom. The van der Waals surface area contributed by atoms with Crippen LogP contribution in [0.1, 0.15) is 27.7 Å². The van der Waals surface area contributed by atoms with Gasteiger partial charge in [-0.05, 0) is 27.7 Å². The molecule has 1 rings (SSSR count). The van der Waals surface area contributed by atoms with Crippen molar-refractivity contribution in [1.82, 2.24) is 4.90 Å². The summed E-state index contributed by atoms with van der Waals surface area (Å²) in [4.78, 5) is 2.11. The molecule has 1 atom stereocenters. The van der Waals surface area contributed by atoms with Gasteiger partial charge < -0.3 is 4.74 Å². The van der Waals surface area contributed by atoms with Gasteiger partial charge in [-0.3, -0.25) is 4.90 Å². The van der Waals surface area contributed by atoms with Crippen LogP contribution < -0.4 is 0 Å². The first-order valence-electron chi connectivity index (χ1n) is 4.39. The van der Waals surface area contributed by atoms with Crippen LogP contribution >= 0.6 is 0 Å². The minimum Gasteiger partial charge on any atom is -0.344 e.